The molecule has 0 aromatic carbocycles. The van der Waals surface area contributed by atoms with E-state index in [1.807, 2.05) is 0 Å². The van der Waals surface area contributed by atoms with E-state index in [1.165, 1.54) is 19.3 Å². The fourth-order valence-corrected chi connectivity index (χ4v) is 4.20. The number of amides is 1. The molecule has 0 N–H and O–H groups in total. The molecule has 4 heteroatoms. The number of carbonyl (C=O) groups is 2. The van der Waals surface area contributed by atoms with Gasteiger partial charge in [-0.25, -0.2) is 4.79 Å². The van der Waals surface area contributed by atoms with Crippen LogP contribution in [0.25, 0.3) is 0 Å². The van der Waals surface area contributed by atoms with Crippen molar-refractivity contribution < 1.29 is 14.3 Å². The second kappa shape index (κ2) is 5.82. The molecular formula is C17H25NO3. The highest BCUT2D eigenvalue weighted by Gasteiger charge is 2.50. The lowest BCUT2D eigenvalue weighted by Gasteiger charge is -2.38. The number of likely N-dealkylation sites (tertiary alicyclic amines) is 1. The van der Waals surface area contributed by atoms with Gasteiger partial charge in [0.05, 0.1) is 6.04 Å². The zero-order valence-corrected chi connectivity index (χ0v) is 12.8. The molecule has 2 aliphatic carbocycles. The molecule has 0 radical (unpaired) electrons. The van der Waals surface area contributed by atoms with E-state index in [-0.39, 0.29) is 24.0 Å². The van der Waals surface area contributed by atoms with E-state index in [4.69, 9.17) is 4.74 Å². The molecule has 1 heterocycles. The fourth-order valence-electron chi connectivity index (χ4n) is 4.20. The zero-order valence-electron chi connectivity index (χ0n) is 12.8. The van der Waals surface area contributed by atoms with E-state index in [9.17, 15) is 9.59 Å². The van der Waals surface area contributed by atoms with Crippen LogP contribution in [0.1, 0.15) is 58.3 Å². The van der Waals surface area contributed by atoms with Gasteiger partial charge in [-0.3, -0.25) is 4.79 Å². The van der Waals surface area contributed by atoms with E-state index in [1.54, 1.807) is 6.92 Å². The summed E-state index contributed by atoms with van der Waals surface area (Å²) in [5.41, 5.74) is 0.436. The van der Waals surface area contributed by atoms with Crippen LogP contribution in [-0.2, 0) is 14.3 Å². The van der Waals surface area contributed by atoms with Crippen LogP contribution in [0.2, 0.25) is 0 Å². The lowest BCUT2D eigenvalue weighted by Crippen LogP contribution is -2.48. The number of hydrogen-bond donors (Lipinski definition) is 0. The standard InChI is InChI=1S/C17H25NO3/c1-11(2)17(20)21-15-9-8-12-10-14(15)18(16(12)19)13-6-4-3-5-7-13/h12-15H,1,3-10H2,2H3. The number of rotatable bonds is 3. The summed E-state index contributed by atoms with van der Waals surface area (Å²) in [6, 6.07) is 0.466. The molecule has 0 spiro atoms. The third-order valence-electron chi connectivity index (χ3n) is 5.29. The van der Waals surface area contributed by atoms with Gasteiger partial charge in [0.25, 0.3) is 0 Å². The third kappa shape index (κ3) is 2.72. The molecular weight excluding hydrogens is 266 g/mol. The first kappa shape index (κ1) is 14.6. The van der Waals surface area contributed by atoms with Gasteiger partial charge in [0, 0.05) is 17.5 Å². The zero-order chi connectivity index (χ0) is 15.0. The van der Waals surface area contributed by atoms with Gasteiger partial charge in [-0.05, 0) is 39.0 Å². The summed E-state index contributed by atoms with van der Waals surface area (Å²) in [6.07, 6.45) is 8.30. The topological polar surface area (TPSA) is 46.6 Å². The molecule has 3 fully saturated rings. The van der Waals surface area contributed by atoms with Gasteiger partial charge < -0.3 is 9.64 Å². The summed E-state index contributed by atoms with van der Waals surface area (Å²) in [6.45, 7) is 5.32. The van der Waals surface area contributed by atoms with Gasteiger partial charge in [-0.2, -0.15) is 0 Å². The molecule has 3 unspecified atom stereocenters. The van der Waals surface area contributed by atoms with Crippen molar-refractivity contribution in [3.05, 3.63) is 12.2 Å². The first-order valence-electron chi connectivity index (χ1n) is 8.26. The minimum Gasteiger partial charge on any atom is -0.457 e. The Morgan fingerprint density at radius 3 is 2.57 bits per heavy atom. The Balaban J connectivity index is 1.75. The van der Waals surface area contributed by atoms with Crippen molar-refractivity contribution in [2.45, 2.75) is 76.5 Å². The fraction of sp³-hybridized carbons (Fsp3) is 0.765. The number of esters is 1. The third-order valence-corrected chi connectivity index (χ3v) is 5.29. The molecule has 1 saturated heterocycles. The Morgan fingerprint density at radius 1 is 1.19 bits per heavy atom. The smallest absolute Gasteiger partial charge is 0.333 e. The minimum absolute atomic E-state index is 0.0997. The average molecular weight is 291 g/mol. The van der Waals surface area contributed by atoms with Gasteiger partial charge in [0.1, 0.15) is 6.10 Å². The highest BCUT2D eigenvalue weighted by atomic mass is 16.5. The van der Waals surface area contributed by atoms with Crippen LogP contribution in [0.4, 0.5) is 0 Å². The quantitative estimate of drug-likeness (QED) is 0.593. The van der Waals surface area contributed by atoms with Crippen LogP contribution in [0, 0.1) is 5.92 Å². The second-order valence-corrected chi connectivity index (χ2v) is 6.84. The summed E-state index contributed by atoms with van der Waals surface area (Å²) in [4.78, 5) is 26.5. The molecule has 21 heavy (non-hydrogen) atoms. The molecule has 0 aromatic rings. The summed E-state index contributed by atoms with van der Waals surface area (Å²) < 4.78 is 5.62. The van der Waals surface area contributed by atoms with E-state index in [2.05, 4.69) is 11.5 Å². The monoisotopic (exact) mass is 291 g/mol. The Bertz CT molecular complexity index is 453. The van der Waals surface area contributed by atoms with Crippen LogP contribution in [0.3, 0.4) is 0 Å². The van der Waals surface area contributed by atoms with Crippen molar-refractivity contribution in [2.75, 3.05) is 0 Å². The maximum Gasteiger partial charge on any atom is 0.333 e. The van der Waals surface area contributed by atoms with Crippen LogP contribution in [-0.4, -0.2) is 35.0 Å². The Kier molecular flexibility index (Phi) is 4.05. The number of carbonyl (C=O) groups excluding carboxylic acids is 2. The molecule has 3 rings (SSSR count). The molecule has 4 nitrogen and oxygen atoms in total. The first-order valence-corrected chi connectivity index (χ1v) is 8.26. The number of ether oxygens (including phenoxy) is 1. The van der Waals surface area contributed by atoms with Crippen LogP contribution >= 0.6 is 0 Å². The molecule has 3 aliphatic rings. The maximum absolute atomic E-state index is 12.6. The normalized spacial score (nSPS) is 33.1. The van der Waals surface area contributed by atoms with Crippen LogP contribution in [0.5, 0.6) is 0 Å². The number of fused-ring (bicyclic) bond motifs is 2. The molecule has 2 bridgehead atoms. The Hall–Kier alpha value is -1.32. The predicted molar refractivity (Wildman–Crippen MR) is 79.5 cm³/mol. The summed E-state index contributed by atoms with van der Waals surface area (Å²) >= 11 is 0. The van der Waals surface area contributed by atoms with E-state index in [0.717, 1.165) is 32.1 Å². The minimum atomic E-state index is -0.318. The van der Waals surface area contributed by atoms with Gasteiger partial charge in [-0.15, -0.1) is 0 Å². The van der Waals surface area contributed by atoms with Gasteiger partial charge in [0.15, 0.2) is 0 Å². The van der Waals surface area contributed by atoms with Gasteiger partial charge in [0.2, 0.25) is 5.91 Å². The summed E-state index contributed by atoms with van der Waals surface area (Å²) in [7, 11) is 0. The highest BCUT2D eigenvalue weighted by molar-refractivity contribution is 5.87. The molecule has 0 aromatic heterocycles. The molecule has 116 valence electrons. The molecule has 3 atom stereocenters. The van der Waals surface area contributed by atoms with Crippen molar-refractivity contribution in [1.29, 1.82) is 0 Å². The Morgan fingerprint density at radius 2 is 1.90 bits per heavy atom. The van der Waals surface area contributed by atoms with E-state index < -0.39 is 0 Å². The van der Waals surface area contributed by atoms with Crippen molar-refractivity contribution in [2.24, 2.45) is 5.92 Å². The van der Waals surface area contributed by atoms with Crippen molar-refractivity contribution >= 4 is 11.9 Å². The van der Waals surface area contributed by atoms with Crippen molar-refractivity contribution in [3.8, 4) is 0 Å². The number of hydrogen-bond acceptors (Lipinski definition) is 3. The summed E-state index contributed by atoms with van der Waals surface area (Å²) in [5.74, 6) is 0.152. The maximum atomic E-state index is 12.6. The molecule has 2 saturated carbocycles. The summed E-state index contributed by atoms with van der Waals surface area (Å²) in [5, 5.41) is 0. The average Bonchev–Trinajstić information content (AvgIpc) is 2.75. The Labute approximate surface area is 126 Å². The van der Waals surface area contributed by atoms with Crippen molar-refractivity contribution in [1.82, 2.24) is 4.90 Å². The molecule has 1 amide bonds. The highest BCUT2D eigenvalue weighted by Crippen LogP contribution is 2.41. The number of nitrogens with zero attached hydrogens (tertiary/aromatic N) is 1. The van der Waals surface area contributed by atoms with Crippen LogP contribution in [0.15, 0.2) is 12.2 Å². The van der Waals surface area contributed by atoms with Crippen LogP contribution < -0.4 is 0 Å². The lowest BCUT2D eigenvalue weighted by atomic mass is 9.87. The van der Waals surface area contributed by atoms with Crippen molar-refractivity contribution in [3.63, 3.8) is 0 Å². The van der Waals surface area contributed by atoms with E-state index in [0.29, 0.717) is 17.5 Å². The largest absolute Gasteiger partial charge is 0.457 e. The van der Waals surface area contributed by atoms with Gasteiger partial charge in [-0.1, -0.05) is 25.8 Å². The second-order valence-electron chi connectivity index (χ2n) is 6.84. The SMILES string of the molecule is C=C(C)C(=O)OC1CCC2CC1N(C1CCCCC1)C2=O. The van der Waals surface area contributed by atoms with E-state index >= 15 is 0 Å². The van der Waals surface area contributed by atoms with Gasteiger partial charge >= 0.3 is 5.97 Å². The molecule has 1 aliphatic heterocycles. The predicted octanol–water partition coefficient (Wildman–Crippen LogP) is 2.82. The first-order chi connectivity index (χ1) is 10.1. The lowest BCUT2D eigenvalue weighted by molar-refractivity contribution is -0.150.